The highest BCUT2D eigenvalue weighted by Crippen LogP contribution is 2.17. The van der Waals surface area contributed by atoms with Crippen molar-refractivity contribution in [3.05, 3.63) is 0 Å². The van der Waals surface area contributed by atoms with Gasteiger partial charge in [-0.2, -0.15) is 0 Å². The van der Waals surface area contributed by atoms with Gasteiger partial charge in [0.05, 0.1) is 24.2 Å². The largest absolute Gasteiger partial charge is 0.392 e. The van der Waals surface area contributed by atoms with Gasteiger partial charge in [-0.25, -0.2) is 8.42 Å². The molecule has 0 aromatic heterocycles. The van der Waals surface area contributed by atoms with E-state index < -0.39 is 15.9 Å². The van der Waals surface area contributed by atoms with E-state index in [0.29, 0.717) is 19.5 Å². The number of aliphatic hydroxyl groups is 1. The Hall–Kier alpha value is -0.660. The molecule has 1 saturated heterocycles. The Kier molecular flexibility index (Phi) is 5.76. The van der Waals surface area contributed by atoms with Crippen LogP contribution in [0, 0.1) is 0 Å². The maximum Gasteiger partial charge on any atom is 0.237 e. The highest BCUT2D eigenvalue weighted by atomic mass is 32.2. The van der Waals surface area contributed by atoms with Crippen LogP contribution in [0.1, 0.15) is 20.3 Å². The van der Waals surface area contributed by atoms with Gasteiger partial charge in [-0.05, 0) is 27.3 Å². The zero-order valence-corrected chi connectivity index (χ0v) is 12.7. The van der Waals surface area contributed by atoms with Crippen molar-refractivity contribution in [2.24, 2.45) is 0 Å². The molecule has 0 radical (unpaired) electrons. The third-order valence-electron chi connectivity index (χ3n) is 3.29. The van der Waals surface area contributed by atoms with E-state index in [1.54, 1.807) is 23.8 Å². The summed E-state index contributed by atoms with van der Waals surface area (Å²) in [5.74, 6) is 0.172. The van der Waals surface area contributed by atoms with E-state index in [4.69, 9.17) is 0 Å². The van der Waals surface area contributed by atoms with Crippen molar-refractivity contribution in [3.63, 3.8) is 0 Å². The lowest BCUT2D eigenvalue weighted by Gasteiger charge is -2.29. The molecule has 0 bridgehead atoms. The van der Waals surface area contributed by atoms with Gasteiger partial charge in [-0.1, -0.05) is 0 Å². The normalized spacial score (nSPS) is 23.5. The summed E-state index contributed by atoms with van der Waals surface area (Å²) >= 11 is 0. The Balaban J connectivity index is 2.58. The van der Waals surface area contributed by atoms with Gasteiger partial charge in [0.25, 0.3) is 0 Å². The molecule has 1 aliphatic heterocycles. The maximum absolute atomic E-state index is 12.2. The molecule has 0 spiro atoms. The van der Waals surface area contributed by atoms with Gasteiger partial charge in [0.15, 0.2) is 9.84 Å². The lowest BCUT2D eigenvalue weighted by atomic mass is 10.2. The minimum absolute atomic E-state index is 0.0761. The van der Waals surface area contributed by atoms with Crippen molar-refractivity contribution < 1.29 is 18.3 Å². The van der Waals surface area contributed by atoms with Crippen molar-refractivity contribution in [3.8, 4) is 0 Å². The molecule has 0 saturated carbocycles. The minimum Gasteiger partial charge on any atom is -0.392 e. The molecule has 0 aliphatic carbocycles. The number of hydrogen-bond donors (Lipinski definition) is 1. The summed E-state index contributed by atoms with van der Waals surface area (Å²) in [5.41, 5.74) is 0. The maximum atomic E-state index is 12.2. The molecule has 6 nitrogen and oxygen atoms in total. The highest BCUT2D eigenvalue weighted by molar-refractivity contribution is 7.91. The van der Waals surface area contributed by atoms with Crippen LogP contribution in [0.5, 0.6) is 0 Å². The molecular weight excluding hydrogens is 268 g/mol. The predicted octanol–water partition coefficient (Wildman–Crippen LogP) is -0.665. The lowest BCUT2D eigenvalue weighted by Crippen LogP contribution is -2.46. The van der Waals surface area contributed by atoms with E-state index in [0.717, 1.165) is 0 Å². The zero-order chi connectivity index (χ0) is 14.6. The Morgan fingerprint density at radius 2 is 2.11 bits per heavy atom. The van der Waals surface area contributed by atoms with Gasteiger partial charge in [-0.3, -0.25) is 9.69 Å². The van der Waals surface area contributed by atoms with Crippen molar-refractivity contribution in [2.75, 3.05) is 38.2 Å². The topological polar surface area (TPSA) is 77.9 Å². The van der Waals surface area contributed by atoms with E-state index in [1.807, 2.05) is 6.92 Å². The third kappa shape index (κ3) is 5.08. The van der Waals surface area contributed by atoms with E-state index in [9.17, 15) is 18.3 Å². The fourth-order valence-electron chi connectivity index (χ4n) is 2.50. The monoisotopic (exact) mass is 292 g/mol. The number of nitrogens with zero attached hydrogens (tertiary/aromatic N) is 2. The van der Waals surface area contributed by atoms with Crippen molar-refractivity contribution in [1.29, 1.82) is 0 Å². The third-order valence-corrected chi connectivity index (χ3v) is 5.04. The molecule has 19 heavy (non-hydrogen) atoms. The first-order chi connectivity index (χ1) is 8.75. The Morgan fingerprint density at radius 3 is 2.53 bits per heavy atom. The van der Waals surface area contributed by atoms with Crippen LogP contribution in [0.25, 0.3) is 0 Å². The predicted molar refractivity (Wildman–Crippen MR) is 73.6 cm³/mol. The number of carbonyl (C=O) groups is 1. The van der Waals surface area contributed by atoms with E-state index in [-0.39, 0.29) is 30.0 Å². The fraction of sp³-hybridized carbons (Fsp3) is 0.917. The first-order valence-corrected chi connectivity index (χ1v) is 8.43. The van der Waals surface area contributed by atoms with Crippen LogP contribution in [0.3, 0.4) is 0 Å². The van der Waals surface area contributed by atoms with Gasteiger partial charge >= 0.3 is 0 Å². The number of aliphatic hydroxyl groups excluding tert-OH is 1. The number of rotatable bonds is 6. The van der Waals surface area contributed by atoms with Gasteiger partial charge in [0, 0.05) is 19.1 Å². The molecular formula is C12H24N2O4S. The second kappa shape index (κ2) is 6.67. The molecule has 2 atom stereocenters. The van der Waals surface area contributed by atoms with Gasteiger partial charge in [-0.15, -0.1) is 0 Å². The first-order valence-electron chi connectivity index (χ1n) is 6.61. The Labute approximate surface area is 115 Å². The number of likely N-dealkylation sites (N-methyl/N-ethyl adjacent to an activating group) is 2. The summed E-state index contributed by atoms with van der Waals surface area (Å²) in [4.78, 5) is 15.6. The van der Waals surface area contributed by atoms with E-state index in [1.165, 1.54) is 0 Å². The molecule has 1 rings (SSSR count). The van der Waals surface area contributed by atoms with Crippen molar-refractivity contribution in [1.82, 2.24) is 9.80 Å². The fourth-order valence-corrected chi connectivity index (χ4v) is 4.23. The van der Waals surface area contributed by atoms with Crippen molar-refractivity contribution in [2.45, 2.75) is 32.4 Å². The van der Waals surface area contributed by atoms with Crippen LogP contribution in [-0.2, 0) is 14.6 Å². The number of sulfone groups is 1. The van der Waals surface area contributed by atoms with Crippen LogP contribution in [0.4, 0.5) is 0 Å². The standard InChI is InChI=1S/C12H24N2O4S/c1-4-14(11-5-6-19(17,18)9-11)12(16)8-13(3)7-10(2)15/h10-11,15H,4-9H2,1-3H3. The second-order valence-corrected chi connectivity index (χ2v) is 7.51. The van der Waals surface area contributed by atoms with Crippen LogP contribution in [0.15, 0.2) is 0 Å². The Bertz CT molecular complexity index is 408. The van der Waals surface area contributed by atoms with Crippen LogP contribution >= 0.6 is 0 Å². The number of amides is 1. The molecule has 1 heterocycles. The molecule has 0 aromatic carbocycles. The molecule has 1 N–H and O–H groups in total. The summed E-state index contributed by atoms with van der Waals surface area (Å²) in [6.45, 7) is 4.67. The van der Waals surface area contributed by atoms with Gasteiger partial charge in [0.2, 0.25) is 5.91 Å². The highest BCUT2D eigenvalue weighted by Gasteiger charge is 2.33. The number of carbonyl (C=O) groups excluding carboxylic acids is 1. The van der Waals surface area contributed by atoms with Crippen LogP contribution < -0.4 is 0 Å². The summed E-state index contributed by atoms with van der Waals surface area (Å²) in [7, 11) is -1.21. The van der Waals surface area contributed by atoms with Gasteiger partial charge < -0.3 is 10.0 Å². The molecule has 1 amide bonds. The lowest BCUT2D eigenvalue weighted by molar-refractivity contribution is -0.133. The summed E-state index contributed by atoms with van der Waals surface area (Å²) in [5, 5.41) is 9.27. The van der Waals surface area contributed by atoms with E-state index in [2.05, 4.69) is 0 Å². The first kappa shape index (κ1) is 16.4. The zero-order valence-electron chi connectivity index (χ0n) is 11.9. The SMILES string of the molecule is CCN(C(=O)CN(C)CC(C)O)C1CCS(=O)(=O)C1. The van der Waals surface area contributed by atoms with E-state index >= 15 is 0 Å². The molecule has 7 heteroatoms. The average molecular weight is 292 g/mol. The quantitative estimate of drug-likeness (QED) is 0.703. The van der Waals surface area contributed by atoms with Crippen molar-refractivity contribution >= 4 is 15.7 Å². The molecule has 2 unspecified atom stereocenters. The van der Waals surface area contributed by atoms with Crippen LogP contribution in [-0.4, -0.2) is 79.6 Å². The second-order valence-electron chi connectivity index (χ2n) is 5.28. The molecule has 1 aliphatic rings. The summed E-state index contributed by atoms with van der Waals surface area (Å²) in [6, 6.07) is -0.192. The minimum atomic E-state index is -2.98. The average Bonchev–Trinajstić information content (AvgIpc) is 2.58. The smallest absolute Gasteiger partial charge is 0.237 e. The van der Waals surface area contributed by atoms with Crippen LogP contribution in [0.2, 0.25) is 0 Å². The molecule has 112 valence electrons. The molecule has 0 aromatic rings. The Morgan fingerprint density at radius 1 is 1.47 bits per heavy atom. The summed E-state index contributed by atoms with van der Waals surface area (Å²) < 4.78 is 22.9. The summed E-state index contributed by atoms with van der Waals surface area (Å²) in [6.07, 6.45) is 0.0434. The van der Waals surface area contributed by atoms with Gasteiger partial charge in [0.1, 0.15) is 0 Å². The molecule has 1 fully saturated rings. The number of hydrogen-bond acceptors (Lipinski definition) is 5.